The molecule has 0 unspecified atom stereocenters. The molecule has 3 rings (SSSR count). The highest BCUT2D eigenvalue weighted by atomic mass is 35.5. The Labute approximate surface area is 135 Å². The van der Waals surface area contributed by atoms with Gasteiger partial charge >= 0.3 is 5.97 Å². The number of fused-ring (bicyclic) bond motifs is 1. The number of hydrogen-bond donors (Lipinski definition) is 3. The number of aryl methyl sites for hydroxylation is 1. The van der Waals surface area contributed by atoms with Crippen LogP contribution in [0.2, 0.25) is 5.15 Å². The quantitative estimate of drug-likeness (QED) is 0.623. The van der Waals surface area contributed by atoms with Gasteiger partial charge in [-0.2, -0.15) is 0 Å². The van der Waals surface area contributed by atoms with Crippen LogP contribution < -0.4 is 11.5 Å². The second-order valence-corrected chi connectivity index (χ2v) is 5.27. The second-order valence-electron chi connectivity index (χ2n) is 4.91. The van der Waals surface area contributed by atoms with Gasteiger partial charge in [-0.05, 0) is 24.6 Å². The van der Waals surface area contributed by atoms with E-state index < -0.39 is 5.97 Å². The SMILES string of the molecule is Cc1ccc2nc(COC(=O)c3nc(Cl)c(N)nc3N)[nH]c2c1. The highest BCUT2D eigenvalue weighted by Gasteiger charge is 2.18. The number of benzene rings is 1. The van der Waals surface area contributed by atoms with Crippen molar-refractivity contribution in [3.05, 3.63) is 40.4 Å². The van der Waals surface area contributed by atoms with E-state index in [1.807, 2.05) is 25.1 Å². The highest BCUT2D eigenvalue weighted by molar-refractivity contribution is 6.31. The van der Waals surface area contributed by atoms with Gasteiger partial charge in [-0.1, -0.05) is 17.7 Å². The van der Waals surface area contributed by atoms with E-state index in [1.165, 1.54) is 0 Å². The van der Waals surface area contributed by atoms with Crippen LogP contribution in [0.5, 0.6) is 0 Å². The fourth-order valence-corrected chi connectivity index (χ4v) is 2.17. The van der Waals surface area contributed by atoms with E-state index in [4.69, 9.17) is 27.8 Å². The van der Waals surface area contributed by atoms with Crippen molar-refractivity contribution in [2.24, 2.45) is 0 Å². The number of nitrogens with zero attached hydrogens (tertiary/aromatic N) is 3. The number of nitrogens with two attached hydrogens (primary N) is 2. The van der Waals surface area contributed by atoms with Crippen LogP contribution in [0.4, 0.5) is 11.6 Å². The standard InChI is InChI=1S/C14H13ClN6O2/c1-6-2-3-7-8(4-6)19-9(18-7)5-23-14(22)10-12(16)21-13(17)11(15)20-10/h2-4H,5H2,1H3,(H,18,19)(H4,16,17,21). The molecule has 5 N–H and O–H groups in total. The molecule has 0 bridgehead atoms. The Morgan fingerprint density at radius 1 is 1.26 bits per heavy atom. The number of aromatic amines is 1. The number of hydrogen-bond acceptors (Lipinski definition) is 7. The summed E-state index contributed by atoms with van der Waals surface area (Å²) in [5.74, 6) is -0.439. The first-order valence-corrected chi connectivity index (χ1v) is 7.02. The molecule has 9 heteroatoms. The van der Waals surface area contributed by atoms with Crippen LogP contribution in [0.3, 0.4) is 0 Å². The van der Waals surface area contributed by atoms with Crippen molar-refractivity contribution in [2.45, 2.75) is 13.5 Å². The Balaban J connectivity index is 1.76. The Hall–Kier alpha value is -2.87. The maximum Gasteiger partial charge on any atom is 0.361 e. The lowest BCUT2D eigenvalue weighted by atomic mass is 10.2. The highest BCUT2D eigenvalue weighted by Crippen LogP contribution is 2.19. The number of imidazole rings is 1. The van der Waals surface area contributed by atoms with Crippen molar-refractivity contribution in [1.29, 1.82) is 0 Å². The summed E-state index contributed by atoms with van der Waals surface area (Å²) in [5, 5.41) is -0.106. The molecule has 0 amide bonds. The number of anilines is 2. The van der Waals surface area contributed by atoms with Crippen LogP contribution in [0.25, 0.3) is 11.0 Å². The first-order valence-electron chi connectivity index (χ1n) is 6.65. The molecule has 0 aliphatic heterocycles. The minimum absolute atomic E-state index is 0.0478. The molecule has 2 heterocycles. The van der Waals surface area contributed by atoms with E-state index in [0.717, 1.165) is 16.6 Å². The number of aromatic nitrogens is 4. The molecule has 0 saturated heterocycles. The molecule has 1 aromatic carbocycles. The normalized spacial score (nSPS) is 10.9. The molecule has 118 valence electrons. The third-order valence-electron chi connectivity index (χ3n) is 3.12. The molecule has 3 aromatic rings. The van der Waals surface area contributed by atoms with Crippen molar-refractivity contribution in [3.8, 4) is 0 Å². The zero-order valence-electron chi connectivity index (χ0n) is 12.1. The molecule has 0 spiro atoms. The number of H-pyrrole nitrogens is 1. The van der Waals surface area contributed by atoms with Crippen molar-refractivity contribution in [3.63, 3.8) is 0 Å². The van der Waals surface area contributed by atoms with Crippen molar-refractivity contribution < 1.29 is 9.53 Å². The number of rotatable bonds is 3. The molecule has 0 aliphatic carbocycles. The molecular weight excluding hydrogens is 320 g/mol. The van der Waals surface area contributed by atoms with Gasteiger partial charge in [0, 0.05) is 0 Å². The molecule has 8 nitrogen and oxygen atoms in total. The van der Waals surface area contributed by atoms with Gasteiger partial charge < -0.3 is 21.2 Å². The van der Waals surface area contributed by atoms with Gasteiger partial charge in [0.2, 0.25) is 0 Å². The summed E-state index contributed by atoms with van der Waals surface area (Å²) >= 11 is 5.73. The van der Waals surface area contributed by atoms with E-state index in [0.29, 0.717) is 5.82 Å². The lowest BCUT2D eigenvalue weighted by molar-refractivity contribution is 0.0457. The van der Waals surface area contributed by atoms with E-state index in [2.05, 4.69) is 19.9 Å². The fourth-order valence-electron chi connectivity index (χ4n) is 2.04. The van der Waals surface area contributed by atoms with Crippen LogP contribution >= 0.6 is 11.6 Å². The third kappa shape index (κ3) is 3.02. The minimum atomic E-state index is -0.756. The summed E-state index contributed by atoms with van der Waals surface area (Å²) in [6, 6.07) is 5.79. The summed E-state index contributed by atoms with van der Waals surface area (Å²) in [6.45, 7) is 1.92. The number of nitrogen functional groups attached to an aromatic ring is 2. The fraction of sp³-hybridized carbons (Fsp3) is 0.143. The predicted octanol–water partition coefficient (Wildman–Crippen LogP) is 1.84. The zero-order chi connectivity index (χ0) is 16.6. The Kier molecular flexibility index (Phi) is 3.75. The van der Waals surface area contributed by atoms with Gasteiger partial charge in [0.25, 0.3) is 0 Å². The lowest BCUT2D eigenvalue weighted by Crippen LogP contribution is -2.13. The molecule has 0 radical (unpaired) electrons. The van der Waals surface area contributed by atoms with E-state index in [-0.39, 0.29) is 29.1 Å². The summed E-state index contributed by atoms with van der Waals surface area (Å²) < 4.78 is 5.13. The van der Waals surface area contributed by atoms with Crippen LogP contribution in [0.1, 0.15) is 21.9 Å². The lowest BCUT2D eigenvalue weighted by Gasteiger charge is -2.06. The third-order valence-corrected chi connectivity index (χ3v) is 3.40. The maximum absolute atomic E-state index is 12.0. The van der Waals surface area contributed by atoms with Crippen LogP contribution in [-0.2, 0) is 11.3 Å². The number of halogens is 1. The number of nitrogens with one attached hydrogen (secondary N) is 1. The average molecular weight is 333 g/mol. The smallest absolute Gasteiger partial charge is 0.361 e. The summed E-state index contributed by atoms with van der Waals surface area (Å²) in [6.07, 6.45) is 0. The number of carbonyl (C=O) groups excluding carboxylic acids is 1. The minimum Gasteiger partial charge on any atom is -0.453 e. The summed E-state index contributed by atoms with van der Waals surface area (Å²) in [5.41, 5.74) is 13.6. The molecule has 0 saturated carbocycles. The monoisotopic (exact) mass is 332 g/mol. The van der Waals surface area contributed by atoms with E-state index in [9.17, 15) is 4.79 Å². The van der Waals surface area contributed by atoms with Crippen molar-refractivity contribution in [2.75, 3.05) is 11.5 Å². The number of ether oxygens (including phenoxy) is 1. The second kappa shape index (κ2) is 5.73. The van der Waals surface area contributed by atoms with E-state index in [1.54, 1.807) is 0 Å². The maximum atomic E-state index is 12.0. The van der Waals surface area contributed by atoms with Crippen LogP contribution in [0.15, 0.2) is 18.2 Å². The molecule has 0 aliphatic rings. The first-order chi connectivity index (χ1) is 10.9. The largest absolute Gasteiger partial charge is 0.453 e. The van der Waals surface area contributed by atoms with Crippen LogP contribution in [-0.4, -0.2) is 25.9 Å². The first kappa shape index (κ1) is 15.0. The van der Waals surface area contributed by atoms with Crippen molar-refractivity contribution in [1.82, 2.24) is 19.9 Å². The molecule has 23 heavy (non-hydrogen) atoms. The van der Waals surface area contributed by atoms with Gasteiger partial charge in [-0.3, -0.25) is 0 Å². The van der Waals surface area contributed by atoms with Gasteiger partial charge in [0.1, 0.15) is 12.4 Å². The number of esters is 1. The van der Waals surface area contributed by atoms with E-state index >= 15 is 0 Å². The zero-order valence-corrected chi connectivity index (χ0v) is 12.9. The topological polar surface area (TPSA) is 133 Å². The van der Waals surface area contributed by atoms with Crippen molar-refractivity contribution >= 4 is 40.2 Å². The summed E-state index contributed by atoms with van der Waals surface area (Å²) in [4.78, 5) is 26.9. The Bertz CT molecular complexity index is 908. The Morgan fingerprint density at radius 3 is 2.83 bits per heavy atom. The average Bonchev–Trinajstić information content (AvgIpc) is 2.90. The van der Waals surface area contributed by atoms with Crippen LogP contribution in [0, 0.1) is 6.92 Å². The number of carbonyl (C=O) groups is 1. The van der Waals surface area contributed by atoms with Gasteiger partial charge in [-0.25, -0.2) is 19.7 Å². The molecular formula is C14H13ClN6O2. The van der Waals surface area contributed by atoms with Gasteiger partial charge in [0.15, 0.2) is 22.5 Å². The molecule has 0 atom stereocenters. The van der Waals surface area contributed by atoms with Gasteiger partial charge in [-0.15, -0.1) is 0 Å². The molecule has 2 aromatic heterocycles. The van der Waals surface area contributed by atoms with Gasteiger partial charge in [0.05, 0.1) is 11.0 Å². The Morgan fingerprint density at radius 2 is 2.04 bits per heavy atom. The summed E-state index contributed by atoms with van der Waals surface area (Å²) in [7, 11) is 0. The predicted molar refractivity (Wildman–Crippen MR) is 85.8 cm³/mol. The molecule has 0 fully saturated rings.